The number of azide groups is 1. The van der Waals surface area contributed by atoms with E-state index in [1.54, 1.807) is 54.6 Å². The fourth-order valence-corrected chi connectivity index (χ4v) is 4.54. The second kappa shape index (κ2) is 14.2. The second-order valence-electron chi connectivity index (χ2n) is 9.43. The Balaban J connectivity index is 1.67. The van der Waals surface area contributed by atoms with Gasteiger partial charge in [-0.3, -0.25) is 10.2 Å². The zero-order chi connectivity index (χ0) is 30.0. The lowest BCUT2D eigenvalue weighted by molar-refractivity contribution is -0.129. The van der Waals surface area contributed by atoms with Gasteiger partial charge < -0.3 is 14.6 Å². The molecule has 0 bridgehead atoms. The smallest absolute Gasteiger partial charge is 0.266 e. The molecule has 3 N–H and O–H groups in total. The zero-order valence-electron chi connectivity index (χ0n) is 22.7. The molecule has 0 radical (unpaired) electrons. The van der Waals surface area contributed by atoms with E-state index in [9.17, 15) is 13.6 Å². The summed E-state index contributed by atoms with van der Waals surface area (Å²) in [5.41, 5.74) is 15.1. The molecule has 3 aromatic carbocycles. The number of benzene rings is 3. The maximum atomic E-state index is 13.9. The van der Waals surface area contributed by atoms with E-state index in [2.05, 4.69) is 27.5 Å². The van der Waals surface area contributed by atoms with E-state index in [0.717, 1.165) is 12.1 Å². The lowest BCUT2D eigenvalue weighted by atomic mass is 9.83. The number of hydrogen-bond acceptors (Lipinski definition) is 7. The zero-order valence-corrected chi connectivity index (χ0v) is 22.7. The number of aliphatic hydroxyl groups is 1. The maximum absolute atomic E-state index is 13.9. The van der Waals surface area contributed by atoms with Crippen molar-refractivity contribution in [2.45, 2.75) is 37.6 Å². The quantitative estimate of drug-likeness (QED) is 0.0605. The fraction of sp³-hybridized carbons (Fsp3) is 0.267. The Bertz CT molecular complexity index is 1490. The first-order valence-electron chi connectivity index (χ1n) is 13.2. The summed E-state index contributed by atoms with van der Waals surface area (Å²) in [5.74, 6) is -1.71. The highest BCUT2D eigenvalue weighted by atomic mass is 19.2. The van der Waals surface area contributed by atoms with E-state index in [0.29, 0.717) is 41.0 Å². The summed E-state index contributed by atoms with van der Waals surface area (Å²) in [6.45, 7) is 4.26. The first kappa shape index (κ1) is 30.2. The number of carbonyl (C=O) groups excluding carboxylic acids is 1. The molecule has 0 saturated heterocycles. The van der Waals surface area contributed by atoms with Gasteiger partial charge in [-0.05, 0) is 58.6 Å². The van der Waals surface area contributed by atoms with Gasteiger partial charge in [0.05, 0.1) is 13.2 Å². The molecule has 42 heavy (non-hydrogen) atoms. The van der Waals surface area contributed by atoms with Crippen LogP contribution < -0.4 is 15.6 Å². The van der Waals surface area contributed by atoms with Gasteiger partial charge in [0, 0.05) is 36.5 Å². The Morgan fingerprint density at radius 1 is 1.19 bits per heavy atom. The van der Waals surface area contributed by atoms with Crippen LogP contribution in [0.25, 0.3) is 10.4 Å². The maximum Gasteiger partial charge on any atom is 0.266 e. The molecule has 1 heterocycles. The SMILES string of the molecule is C=CC[C@]1(C(=O)NNCc2ccc(F)c(F)c2)N=C(c2ccc(OCCCO)cc2)O[C@H]1c1ccccc1CN=[N+]=[N-]. The minimum atomic E-state index is -1.53. The van der Waals surface area contributed by atoms with E-state index in [1.165, 1.54) is 6.07 Å². The first-order chi connectivity index (χ1) is 20.4. The second-order valence-corrected chi connectivity index (χ2v) is 9.43. The fourth-order valence-electron chi connectivity index (χ4n) is 4.54. The molecule has 10 nitrogen and oxygen atoms in total. The monoisotopic (exact) mass is 576 g/mol. The number of aliphatic hydroxyl groups excluding tert-OH is 1. The molecule has 4 rings (SSSR count). The molecule has 3 aromatic rings. The Labute approximate surface area is 241 Å². The van der Waals surface area contributed by atoms with Gasteiger partial charge >= 0.3 is 0 Å². The molecule has 0 aliphatic carbocycles. The third-order valence-corrected chi connectivity index (χ3v) is 6.61. The summed E-state index contributed by atoms with van der Waals surface area (Å²) < 4.78 is 39.0. The third-order valence-electron chi connectivity index (χ3n) is 6.61. The van der Waals surface area contributed by atoms with Gasteiger partial charge in [0.15, 0.2) is 23.3 Å². The largest absolute Gasteiger partial charge is 0.494 e. The van der Waals surface area contributed by atoms with E-state index in [4.69, 9.17) is 25.1 Å². The molecule has 0 spiro atoms. The van der Waals surface area contributed by atoms with Crippen molar-refractivity contribution in [3.63, 3.8) is 0 Å². The normalized spacial score (nSPS) is 17.5. The summed E-state index contributed by atoms with van der Waals surface area (Å²) in [5, 5.41) is 12.7. The number of rotatable bonds is 14. The summed E-state index contributed by atoms with van der Waals surface area (Å²) in [7, 11) is 0. The van der Waals surface area contributed by atoms with Crippen molar-refractivity contribution in [1.82, 2.24) is 10.9 Å². The lowest BCUT2D eigenvalue weighted by Crippen LogP contribution is -2.52. The topological polar surface area (TPSA) is 141 Å². The number of hydrogen-bond donors (Lipinski definition) is 3. The average Bonchev–Trinajstić information content (AvgIpc) is 3.39. The van der Waals surface area contributed by atoms with Crippen LogP contribution in [0, 0.1) is 11.6 Å². The van der Waals surface area contributed by atoms with E-state index >= 15 is 0 Å². The van der Waals surface area contributed by atoms with Gasteiger partial charge in [0.1, 0.15) is 5.75 Å². The number of nitrogens with one attached hydrogen (secondary N) is 2. The number of ether oxygens (including phenoxy) is 2. The van der Waals surface area contributed by atoms with Crippen LogP contribution in [-0.4, -0.2) is 35.7 Å². The summed E-state index contributed by atoms with van der Waals surface area (Å²) in [6.07, 6.45) is 1.21. The molecule has 2 atom stereocenters. The van der Waals surface area contributed by atoms with Gasteiger partial charge in [-0.1, -0.05) is 41.5 Å². The molecule has 1 aliphatic heterocycles. The molecule has 0 unspecified atom stereocenters. The summed E-state index contributed by atoms with van der Waals surface area (Å²) in [6, 6.07) is 17.6. The molecule has 12 heteroatoms. The Kier molecular flexibility index (Phi) is 10.2. The van der Waals surface area contributed by atoms with Crippen LogP contribution in [0.5, 0.6) is 5.75 Å². The number of amides is 1. The highest BCUT2D eigenvalue weighted by molar-refractivity contribution is 6.01. The van der Waals surface area contributed by atoms with Crippen LogP contribution in [0.4, 0.5) is 8.78 Å². The van der Waals surface area contributed by atoms with E-state index in [1.807, 2.05) is 0 Å². The lowest BCUT2D eigenvalue weighted by Gasteiger charge is -2.30. The van der Waals surface area contributed by atoms with Gasteiger partial charge in [0.2, 0.25) is 5.90 Å². The summed E-state index contributed by atoms with van der Waals surface area (Å²) in [4.78, 5) is 21.5. The van der Waals surface area contributed by atoms with Crippen molar-refractivity contribution in [3.8, 4) is 5.75 Å². The predicted octanol–water partition coefficient (Wildman–Crippen LogP) is 5.19. The van der Waals surface area contributed by atoms with Crippen molar-refractivity contribution in [2.24, 2.45) is 10.1 Å². The summed E-state index contributed by atoms with van der Waals surface area (Å²) >= 11 is 0. The number of aliphatic imine (C=N–C) groups is 1. The van der Waals surface area contributed by atoms with E-state index in [-0.39, 0.29) is 32.0 Å². The molecule has 1 aliphatic rings. The average molecular weight is 577 g/mol. The minimum Gasteiger partial charge on any atom is -0.494 e. The third kappa shape index (κ3) is 6.92. The van der Waals surface area contributed by atoms with Crippen LogP contribution in [0.1, 0.15) is 41.2 Å². The van der Waals surface area contributed by atoms with Gasteiger partial charge in [-0.25, -0.2) is 19.2 Å². The predicted molar refractivity (Wildman–Crippen MR) is 152 cm³/mol. The molecule has 1 amide bonds. The van der Waals surface area contributed by atoms with Crippen LogP contribution in [0.2, 0.25) is 0 Å². The van der Waals surface area contributed by atoms with Crippen LogP contribution in [-0.2, 0) is 22.6 Å². The van der Waals surface area contributed by atoms with Crippen molar-refractivity contribution in [1.29, 1.82) is 0 Å². The Hall–Kier alpha value is -4.77. The molecule has 0 saturated carbocycles. The van der Waals surface area contributed by atoms with Crippen molar-refractivity contribution >= 4 is 11.8 Å². The van der Waals surface area contributed by atoms with Crippen molar-refractivity contribution in [2.75, 3.05) is 13.2 Å². The van der Waals surface area contributed by atoms with E-state index < -0.39 is 29.2 Å². The number of carbonyl (C=O) groups is 1. The molecular formula is C30H30F2N6O4. The Morgan fingerprint density at radius 2 is 1.98 bits per heavy atom. The van der Waals surface area contributed by atoms with Crippen molar-refractivity contribution in [3.05, 3.63) is 124 Å². The van der Waals surface area contributed by atoms with Crippen LogP contribution >= 0.6 is 0 Å². The molecule has 218 valence electrons. The van der Waals surface area contributed by atoms with Gasteiger partial charge in [-0.15, -0.1) is 6.58 Å². The molecular weight excluding hydrogens is 546 g/mol. The minimum absolute atomic E-state index is 0.0143. The number of hydrazine groups is 1. The van der Waals surface area contributed by atoms with Crippen LogP contribution in [0.15, 0.2) is 89.5 Å². The van der Waals surface area contributed by atoms with Gasteiger partial charge in [0.25, 0.3) is 5.91 Å². The number of nitrogens with zero attached hydrogens (tertiary/aromatic N) is 4. The first-order valence-corrected chi connectivity index (χ1v) is 13.2. The Morgan fingerprint density at radius 3 is 2.69 bits per heavy atom. The molecule has 0 aromatic heterocycles. The standard InChI is InChI=1S/C30H30F2N6O4/c1-2-14-30(29(40)37-34-18-20-8-13-25(31)26(32)17-20)27(24-7-4-3-6-22(24)19-35-38-33)42-28(36-30)21-9-11-23(12-10-21)41-16-5-15-39/h2-4,6-13,17,27,34,39H,1,5,14-16,18-19H2,(H,37,40)/t27-,30-/m0/s1. The van der Waals surface area contributed by atoms with Crippen molar-refractivity contribution < 1.29 is 28.2 Å². The molecule has 0 fully saturated rings. The highest BCUT2D eigenvalue weighted by Crippen LogP contribution is 2.44. The highest BCUT2D eigenvalue weighted by Gasteiger charge is 2.53. The van der Waals surface area contributed by atoms with Gasteiger partial charge in [-0.2, -0.15) is 0 Å². The number of halogens is 2. The van der Waals surface area contributed by atoms with Crippen LogP contribution in [0.3, 0.4) is 0 Å².